The summed E-state index contributed by atoms with van der Waals surface area (Å²) in [6.07, 6.45) is 2.27. The van der Waals surface area contributed by atoms with E-state index >= 15 is 0 Å². The molecular formula is C17H26N8O5. The van der Waals surface area contributed by atoms with Gasteiger partial charge in [0, 0.05) is 18.7 Å². The molecule has 2 heterocycles. The molecule has 1 aliphatic rings. The predicted molar refractivity (Wildman–Crippen MR) is 108 cm³/mol. The van der Waals surface area contributed by atoms with Crippen LogP contribution in [0, 0.1) is 5.41 Å². The molecule has 1 aromatic rings. The number of hydrogen-bond donors (Lipinski definition) is 7. The Labute approximate surface area is 171 Å². The highest BCUT2D eigenvalue weighted by Crippen LogP contribution is 2.20. The summed E-state index contributed by atoms with van der Waals surface area (Å²) in [5.41, 5.74) is 15.9. The van der Waals surface area contributed by atoms with Gasteiger partial charge in [-0.25, -0.2) is 9.59 Å². The Bertz CT molecular complexity index is 870. The Balaban J connectivity index is 1.96. The van der Waals surface area contributed by atoms with E-state index in [4.69, 9.17) is 27.3 Å². The first-order chi connectivity index (χ1) is 14.2. The van der Waals surface area contributed by atoms with E-state index in [0.29, 0.717) is 13.0 Å². The maximum Gasteiger partial charge on any atom is 0.351 e. The molecule has 0 saturated carbocycles. The van der Waals surface area contributed by atoms with Crippen LogP contribution >= 0.6 is 0 Å². The van der Waals surface area contributed by atoms with Crippen LogP contribution in [0.5, 0.6) is 0 Å². The zero-order chi connectivity index (χ0) is 22.3. The van der Waals surface area contributed by atoms with E-state index in [9.17, 15) is 19.5 Å². The minimum absolute atomic E-state index is 0.000400. The zero-order valence-electron chi connectivity index (χ0n) is 16.2. The number of amides is 1. The third-order valence-corrected chi connectivity index (χ3v) is 4.25. The van der Waals surface area contributed by atoms with Crippen LogP contribution in [-0.2, 0) is 14.3 Å². The second kappa shape index (κ2) is 10.5. The Morgan fingerprint density at radius 2 is 2.13 bits per heavy atom. The maximum absolute atomic E-state index is 12.2. The first-order valence-corrected chi connectivity index (χ1v) is 9.17. The summed E-state index contributed by atoms with van der Waals surface area (Å²) < 4.78 is 6.57. The topological polar surface area (TPSA) is 224 Å². The first-order valence-electron chi connectivity index (χ1n) is 9.17. The number of carboxylic acid groups (broad SMARTS) is 1. The average Bonchev–Trinajstić information content (AvgIpc) is 2.65. The molecule has 1 amide bonds. The zero-order valence-corrected chi connectivity index (χ0v) is 16.2. The number of carbonyl (C=O) groups excluding carboxylic acids is 1. The Morgan fingerprint density at radius 3 is 2.77 bits per heavy atom. The molecule has 164 valence electrons. The van der Waals surface area contributed by atoms with Gasteiger partial charge in [-0.3, -0.25) is 14.8 Å². The molecule has 0 radical (unpaired) electrons. The van der Waals surface area contributed by atoms with Crippen molar-refractivity contribution in [3.05, 3.63) is 34.9 Å². The lowest BCUT2D eigenvalue weighted by Gasteiger charge is -2.31. The summed E-state index contributed by atoms with van der Waals surface area (Å²) in [5, 5.41) is 22.1. The van der Waals surface area contributed by atoms with Gasteiger partial charge < -0.3 is 37.7 Å². The molecule has 1 aromatic heterocycles. The highest BCUT2D eigenvalue weighted by molar-refractivity contribution is 5.80. The van der Waals surface area contributed by atoms with Crippen LogP contribution < -0.4 is 33.5 Å². The monoisotopic (exact) mass is 422 g/mol. The normalized spacial score (nSPS) is 21.7. The lowest BCUT2D eigenvalue weighted by molar-refractivity contribution is -0.159. The number of carboxylic acids is 1. The number of aliphatic carboxylic acids is 1. The van der Waals surface area contributed by atoms with Gasteiger partial charge in [0.25, 0.3) is 0 Å². The SMILES string of the molecule is N=C(N)CNCC[C@H](N)CC(=O)N[C@@H]1C=C[C@@H](n2ccc(N)nc2=O)O[C@H]1C(=O)O. The van der Waals surface area contributed by atoms with E-state index < -0.39 is 42.0 Å². The second-order valence-corrected chi connectivity index (χ2v) is 6.76. The maximum atomic E-state index is 12.2. The summed E-state index contributed by atoms with van der Waals surface area (Å²) in [6, 6.07) is -0.0188. The van der Waals surface area contributed by atoms with Crippen LogP contribution in [0.4, 0.5) is 5.82 Å². The molecule has 0 bridgehead atoms. The van der Waals surface area contributed by atoms with Gasteiger partial charge >= 0.3 is 11.7 Å². The molecule has 0 aliphatic carbocycles. The van der Waals surface area contributed by atoms with Gasteiger partial charge in [-0.1, -0.05) is 6.08 Å². The number of hydrogen-bond acceptors (Lipinski definition) is 9. The van der Waals surface area contributed by atoms with Crippen LogP contribution in [0.1, 0.15) is 19.1 Å². The number of carbonyl (C=O) groups is 2. The predicted octanol–water partition coefficient (Wildman–Crippen LogP) is -2.52. The van der Waals surface area contributed by atoms with E-state index in [2.05, 4.69) is 15.6 Å². The molecule has 10 N–H and O–H groups in total. The van der Waals surface area contributed by atoms with Gasteiger partial charge in [0.2, 0.25) is 5.91 Å². The van der Waals surface area contributed by atoms with E-state index in [1.807, 2.05) is 0 Å². The molecule has 0 unspecified atom stereocenters. The minimum Gasteiger partial charge on any atom is -0.479 e. The molecule has 1 aliphatic heterocycles. The van der Waals surface area contributed by atoms with Gasteiger partial charge in [-0.15, -0.1) is 0 Å². The van der Waals surface area contributed by atoms with Gasteiger partial charge in [-0.05, 0) is 25.1 Å². The molecule has 0 fully saturated rings. The Morgan fingerprint density at radius 1 is 1.40 bits per heavy atom. The van der Waals surface area contributed by atoms with Crippen molar-refractivity contribution in [1.29, 1.82) is 5.41 Å². The Kier molecular flexibility index (Phi) is 8.03. The molecule has 0 spiro atoms. The van der Waals surface area contributed by atoms with Crippen molar-refractivity contribution in [3.63, 3.8) is 0 Å². The number of nitrogens with zero attached hydrogens (tertiary/aromatic N) is 2. The summed E-state index contributed by atoms with van der Waals surface area (Å²) in [5.74, 6) is -1.71. The number of amidine groups is 1. The summed E-state index contributed by atoms with van der Waals surface area (Å²) in [6.45, 7) is 0.710. The van der Waals surface area contributed by atoms with Gasteiger partial charge in [0.05, 0.1) is 12.6 Å². The summed E-state index contributed by atoms with van der Waals surface area (Å²) >= 11 is 0. The van der Waals surface area contributed by atoms with E-state index in [1.165, 1.54) is 24.4 Å². The second-order valence-electron chi connectivity index (χ2n) is 6.76. The van der Waals surface area contributed by atoms with Crippen LogP contribution in [0.3, 0.4) is 0 Å². The summed E-state index contributed by atoms with van der Waals surface area (Å²) in [4.78, 5) is 39.4. The Hall–Kier alpha value is -3.29. The van der Waals surface area contributed by atoms with Crippen molar-refractivity contribution in [2.45, 2.75) is 37.3 Å². The standard InChI is InChI=1S/C17H26N8O5/c18-9(3-5-22-8-11(19)20)7-13(26)23-10-1-2-14(30-15(10)16(27)28)25-6-4-12(21)24-17(25)29/h1-2,4,6,9-10,14-15,22H,3,5,7-8,18H2,(H3,19,20)(H,23,26)(H,27,28)(H2,21,24,29)/t9-,10+,14-,15+/m0/s1. The van der Waals surface area contributed by atoms with E-state index in [-0.39, 0.29) is 24.6 Å². The molecule has 0 saturated heterocycles. The van der Waals surface area contributed by atoms with Crippen molar-refractivity contribution >= 4 is 23.5 Å². The van der Waals surface area contributed by atoms with E-state index in [0.717, 1.165) is 4.57 Å². The van der Waals surface area contributed by atoms with Crippen LogP contribution in [-0.4, -0.2) is 63.6 Å². The smallest absolute Gasteiger partial charge is 0.351 e. The molecule has 2 rings (SSSR count). The number of nitrogens with two attached hydrogens (primary N) is 3. The van der Waals surface area contributed by atoms with Crippen molar-refractivity contribution in [3.8, 4) is 0 Å². The highest BCUT2D eigenvalue weighted by Gasteiger charge is 2.35. The molecule has 0 aromatic carbocycles. The molecular weight excluding hydrogens is 396 g/mol. The van der Waals surface area contributed by atoms with Gasteiger partial charge in [0.1, 0.15) is 11.7 Å². The fraction of sp³-hybridized carbons (Fsp3) is 0.471. The number of ether oxygens (including phenoxy) is 1. The van der Waals surface area contributed by atoms with Crippen LogP contribution in [0.15, 0.2) is 29.2 Å². The number of nitrogen functional groups attached to an aromatic ring is 1. The van der Waals surface area contributed by atoms with Crippen LogP contribution in [0.2, 0.25) is 0 Å². The molecule has 13 heteroatoms. The first kappa shape index (κ1) is 23.0. The van der Waals surface area contributed by atoms with Crippen molar-refractivity contribution in [1.82, 2.24) is 20.2 Å². The minimum atomic E-state index is -1.41. The largest absolute Gasteiger partial charge is 0.479 e. The molecule has 30 heavy (non-hydrogen) atoms. The number of rotatable bonds is 10. The third-order valence-electron chi connectivity index (χ3n) is 4.25. The van der Waals surface area contributed by atoms with E-state index in [1.54, 1.807) is 0 Å². The number of aromatic nitrogens is 2. The average molecular weight is 422 g/mol. The van der Waals surface area contributed by atoms with Crippen molar-refractivity contribution < 1.29 is 19.4 Å². The quantitative estimate of drug-likeness (QED) is 0.0906. The number of anilines is 1. The van der Waals surface area contributed by atoms with Crippen molar-refractivity contribution in [2.24, 2.45) is 11.5 Å². The summed E-state index contributed by atoms with van der Waals surface area (Å²) in [7, 11) is 0. The van der Waals surface area contributed by atoms with Gasteiger partial charge in [0.15, 0.2) is 12.3 Å². The number of nitrogens with one attached hydrogen (secondary N) is 3. The fourth-order valence-electron chi connectivity index (χ4n) is 2.80. The fourth-order valence-corrected chi connectivity index (χ4v) is 2.80. The molecule has 4 atom stereocenters. The van der Waals surface area contributed by atoms with Crippen LogP contribution in [0.25, 0.3) is 0 Å². The van der Waals surface area contributed by atoms with Crippen molar-refractivity contribution in [2.75, 3.05) is 18.8 Å². The molecule has 13 nitrogen and oxygen atoms in total. The lowest BCUT2D eigenvalue weighted by Crippen LogP contribution is -2.51. The lowest BCUT2D eigenvalue weighted by atomic mass is 10.1. The third kappa shape index (κ3) is 6.65. The van der Waals surface area contributed by atoms with Gasteiger partial charge in [-0.2, -0.15) is 4.98 Å². The highest BCUT2D eigenvalue weighted by atomic mass is 16.5.